The summed E-state index contributed by atoms with van der Waals surface area (Å²) in [7, 11) is 3.16. The van der Waals surface area contributed by atoms with Crippen LogP contribution >= 0.6 is 11.8 Å². The molecular formula is C20H22FNO3S. The van der Waals surface area contributed by atoms with E-state index in [0.717, 1.165) is 5.56 Å². The van der Waals surface area contributed by atoms with Crippen LogP contribution in [0.1, 0.15) is 11.1 Å². The lowest BCUT2D eigenvalue weighted by atomic mass is 10.1. The average molecular weight is 375 g/mol. The molecular weight excluding hydrogens is 353 g/mol. The fraction of sp³-hybridized carbons (Fsp3) is 0.250. The Morgan fingerprint density at radius 3 is 2.73 bits per heavy atom. The van der Waals surface area contributed by atoms with Gasteiger partial charge in [-0.1, -0.05) is 18.2 Å². The van der Waals surface area contributed by atoms with Gasteiger partial charge in [0.05, 0.1) is 14.2 Å². The number of halogens is 1. The first-order chi connectivity index (χ1) is 12.6. The number of nitrogens with one attached hydrogen (secondary N) is 1. The molecule has 2 rings (SSSR count). The molecule has 0 aliphatic heterocycles. The first-order valence-corrected chi connectivity index (χ1v) is 9.28. The van der Waals surface area contributed by atoms with E-state index in [1.807, 2.05) is 6.07 Å². The van der Waals surface area contributed by atoms with Gasteiger partial charge in [0.25, 0.3) is 0 Å². The molecule has 1 amide bonds. The Bertz CT molecular complexity index is 764. The summed E-state index contributed by atoms with van der Waals surface area (Å²) in [5.74, 6) is 2.25. The minimum atomic E-state index is -0.195. The number of hydrogen-bond acceptors (Lipinski definition) is 4. The summed E-state index contributed by atoms with van der Waals surface area (Å²) in [5, 5.41) is 2.81. The highest BCUT2D eigenvalue weighted by molar-refractivity contribution is 7.98. The summed E-state index contributed by atoms with van der Waals surface area (Å²) in [6.07, 6.45) is 3.14. The van der Waals surface area contributed by atoms with Crippen molar-refractivity contribution in [2.75, 3.05) is 26.5 Å². The number of amides is 1. The summed E-state index contributed by atoms with van der Waals surface area (Å²) in [5.41, 5.74) is 1.43. The predicted molar refractivity (Wildman–Crippen MR) is 104 cm³/mol. The maximum Gasteiger partial charge on any atom is 0.244 e. The van der Waals surface area contributed by atoms with Gasteiger partial charge in [0.15, 0.2) is 0 Å². The standard InChI is InChI=1S/C20H22FNO3S/c1-24-17-8-9-19(25-2)15(13-17)7-10-20(23)22-11-12-26-14-16-5-3-4-6-18(16)21/h3-10,13H,11-12,14H2,1-2H3,(H,22,23)/b10-7+. The molecule has 6 heteroatoms. The Balaban J connectivity index is 1.76. The van der Waals surface area contributed by atoms with E-state index in [1.54, 1.807) is 62.4 Å². The number of thioether (sulfide) groups is 1. The molecule has 0 fully saturated rings. The van der Waals surface area contributed by atoms with Gasteiger partial charge in [0, 0.05) is 29.7 Å². The summed E-state index contributed by atoms with van der Waals surface area (Å²) in [6.45, 7) is 0.511. The van der Waals surface area contributed by atoms with Gasteiger partial charge in [0.2, 0.25) is 5.91 Å². The Labute approximate surface area is 157 Å². The summed E-state index contributed by atoms with van der Waals surface area (Å²) >= 11 is 1.57. The van der Waals surface area contributed by atoms with E-state index in [1.165, 1.54) is 12.1 Å². The Morgan fingerprint density at radius 1 is 1.19 bits per heavy atom. The molecule has 0 atom stereocenters. The number of ether oxygens (including phenoxy) is 2. The van der Waals surface area contributed by atoms with Crippen LogP contribution in [0.25, 0.3) is 6.08 Å². The smallest absolute Gasteiger partial charge is 0.244 e. The summed E-state index contributed by atoms with van der Waals surface area (Å²) < 4.78 is 23.9. The molecule has 0 unspecified atom stereocenters. The van der Waals surface area contributed by atoms with Gasteiger partial charge in [-0.15, -0.1) is 0 Å². The van der Waals surface area contributed by atoms with E-state index in [-0.39, 0.29) is 11.7 Å². The molecule has 2 aromatic rings. The molecule has 0 aromatic heterocycles. The van der Waals surface area contributed by atoms with Gasteiger partial charge in [-0.3, -0.25) is 4.79 Å². The van der Waals surface area contributed by atoms with Gasteiger partial charge in [-0.25, -0.2) is 4.39 Å². The maximum atomic E-state index is 13.5. The van der Waals surface area contributed by atoms with E-state index in [9.17, 15) is 9.18 Å². The fourth-order valence-electron chi connectivity index (χ4n) is 2.24. The highest BCUT2D eigenvalue weighted by Gasteiger charge is 2.04. The Kier molecular flexibility index (Phi) is 8.02. The van der Waals surface area contributed by atoms with E-state index < -0.39 is 0 Å². The van der Waals surface area contributed by atoms with E-state index in [2.05, 4.69) is 5.32 Å². The fourth-order valence-corrected chi connectivity index (χ4v) is 3.08. The minimum absolute atomic E-state index is 0.193. The molecule has 0 heterocycles. The van der Waals surface area contributed by atoms with Gasteiger partial charge >= 0.3 is 0 Å². The predicted octanol–water partition coefficient (Wildman–Crippen LogP) is 3.91. The van der Waals surface area contributed by atoms with Crippen molar-refractivity contribution in [2.24, 2.45) is 0 Å². The van der Waals surface area contributed by atoms with Crippen LogP contribution in [-0.2, 0) is 10.5 Å². The van der Waals surface area contributed by atoms with Crippen LogP contribution in [-0.4, -0.2) is 32.4 Å². The maximum absolute atomic E-state index is 13.5. The zero-order valence-electron chi connectivity index (χ0n) is 14.8. The van der Waals surface area contributed by atoms with Crippen LogP contribution in [0, 0.1) is 5.82 Å². The van der Waals surface area contributed by atoms with Crippen LogP contribution in [0.2, 0.25) is 0 Å². The normalized spacial score (nSPS) is 10.7. The van der Waals surface area contributed by atoms with Crippen molar-refractivity contribution in [3.8, 4) is 11.5 Å². The molecule has 0 saturated carbocycles. The van der Waals surface area contributed by atoms with E-state index in [0.29, 0.717) is 35.1 Å². The minimum Gasteiger partial charge on any atom is -0.497 e. The number of rotatable bonds is 9. The van der Waals surface area contributed by atoms with Crippen LogP contribution in [0.15, 0.2) is 48.5 Å². The van der Waals surface area contributed by atoms with Gasteiger partial charge in [-0.05, 0) is 35.9 Å². The highest BCUT2D eigenvalue weighted by Crippen LogP contribution is 2.25. The summed E-state index contributed by atoms with van der Waals surface area (Å²) in [6, 6.07) is 12.1. The molecule has 138 valence electrons. The molecule has 26 heavy (non-hydrogen) atoms. The van der Waals surface area contributed by atoms with Crippen molar-refractivity contribution in [1.29, 1.82) is 0 Å². The second-order valence-electron chi connectivity index (χ2n) is 5.38. The zero-order chi connectivity index (χ0) is 18.8. The molecule has 0 radical (unpaired) electrons. The molecule has 4 nitrogen and oxygen atoms in total. The summed E-state index contributed by atoms with van der Waals surface area (Å²) in [4.78, 5) is 11.9. The van der Waals surface area contributed by atoms with Crippen LogP contribution in [0.4, 0.5) is 4.39 Å². The molecule has 0 bridgehead atoms. The topological polar surface area (TPSA) is 47.6 Å². The van der Waals surface area contributed by atoms with Gasteiger partial charge in [0.1, 0.15) is 17.3 Å². The molecule has 2 aromatic carbocycles. The third-order valence-corrected chi connectivity index (χ3v) is 4.62. The second kappa shape index (κ2) is 10.5. The van der Waals surface area contributed by atoms with Crippen LogP contribution < -0.4 is 14.8 Å². The van der Waals surface area contributed by atoms with Gasteiger partial charge < -0.3 is 14.8 Å². The molecule has 0 aliphatic carbocycles. The number of carbonyl (C=O) groups is 1. The highest BCUT2D eigenvalue weighted by atomic mass is 32.2. The van der Waals surface area contributed by atoms with Crippen molar-refractivity contribution >= 4 is 23.7 Å². The number of carbonyl (C=O) groups excluding carboxylic acids is 1. The van der Waals surface area contributed by atoms with Crippen LogP contribution in [0.5, 0.6) is 11.5 Å². The number of methoxy groups -OCH3 is 2. The van der Waals surface area contributed by atoms with Crippen molar-refractivity contribution in [3.05, 3.63) is 65.5 Å². The van der Waals surface area contributed by atoms with Crippen molar-refractivity contribution in [3.63, 3.8) is 0 Å². The third kappa shape index (κ3) is 6.11. The average Bonchev–Trinajstić information content (AvgIpc) is 2.67. The number of hydrogen-bond donors (Lipinski definition) is 1. The first kappa shape index (κ1) is 19.8. The van der Waals surface area contributed by atoms with E-state index >= 15 is 0 Å². The second-order valence-corrected chi connectivity index (χ2v) is 6.48. The van der Waals surface area contributed by atoms with Gasteiger partial charge in [-0.2, -0.15) is 11.8 Å². The quantitative estimate of drug-likeness (QED) is 0.533. The van der Waals surface area contributed by atoms with Crippen molar-refractivity contribution < 1.29 is 18.7 Å². The molecule has 0 saturated heterocycles. The lowest BCUT2D eigenvalue weighted by molar-refractivity contribution is -0.116. The van der Waals surface area contributed by atoms with Crippen LogP contribution in [0.3, 0.4) is 0 Å². The first-order valence-electron chi connectivity index (χ1n) is 8.13. The zero-order valence-corrected chi connectivity index (χ0v) is 15.6. The van der Waals surface area contributed by atoms with E-state index in [4.69, 9.17) is 9.47 Å². The Morgan fingerprint density at radius 2 is 2.00 bits per heavy atom. The largest absolute Gasteiger partial charge is 0.497 e. The number of benzene rings is 2. The Hall–Kier alpha value is -2.47. The molecule has 0 spiro atoms. The third-order valence-electron chi connectivity index (χ3n) is 3.61. The van der Waals surface area contributed by atoms with Crippen molar-refractivity contribution in [2.45, 2.75) is 5.75 Å². The van der Waals surface area contributed by atoms with Crippen molar-refractivity contribution in [1.82, 2.24) is 5.32 Å². The monoisotopic (exact) mass is 375 g/mol. The molecule has 1 N–H and O–H groups in total. The molecule has 0 aliphatic rings. The lowest BCUT2D eigenvalue weighted by Gasteiger charge is -2.07. The SMILES string of the molecule is COc1ccc(OC)c(/C=C/C(=O)NCCSCc2ccccc2F)c1. The lowest BCUT2D eigenvalue weighted by Crippen LogP contribution is -2.23.